The highest BCUT2D eigenvalue weighted by Crippen LogP contribution is 2.34. The second kappa shape index (κ2) is 8.83. The predicted octanol–water partition coefficient (Wildman–Crippen LogP) is 4.43. The zero-order chi connectivity index (χ0) is 24.8. The summed E-state index contributed by atoms with van der Waals surface area (Å²) < 4.78 is 18.1. The summed E-state index contributed by atoms with van der Waals surface area (Å²) in [4.78, 5) is 6.56. The standard InChI is InChI=1S/C27H26FN7O/c1-3-35-13-18(10-29-35)12-33-14-21(15-33)24-6-7-25(32-31-24)22-5-4-19(9-26(22)36)20-8-23(28)27-30-17(2)11-34(27)16-20/h4-11,13,16,21,36H,3,12,14-15H2,1-2H3. The van der Waals surface area contributed by atoms with E-state index in [9.17, 15) is 9.50 Å². The molecule has 1 aliphatic rings. The molecule has 36 heavy (non-hydrogen) atoms. The summed E-state index contributed by atoms with van der Waals surface area (Å²) in [5, 5.41) is 23.9. The molecule has 9 heteroatoms. The van der Waals surface area contributed by atoms with Gasteiger partial charge in [-0.1, -0.05) is 6.07 Å². The number of hydrogen-bond acceptors (Lipinski definition) is 6. The lowest BCUT2D eigenvalue weighted by Gasteiger charge is -2.38. The fourth-order valence-corrected chi connectivity index (χ4v) is 4.77. The summed E-state index contributed by atoms with van der Waals surface area (Å²) >= 11 is 0. The molecule has 1 aromatic carbocycles. The van der Waals surface area contributed by atoms with Gasteiger partial charge in [0.1, 0.15) is 5.75 Å². The first-order valence-corrected chi connectivity index (χ1v) is 12.0. The van der Waals surface area contributed by atoms with E-state index < -0.39 is 5.82 Å². The number of phenolic OH excluding ortho intramolecular Hbond substituents is 1. The van der Waals surface area contributed by atoms with Crippen molar-refractivity contribution in [1.82, 2.24) is 34.3 Å². The smallest absolute Gasteiger partial charge is 0.173 e. The molecular formula is C27H26FN7O. The van der Waals surface area contributed by atoms with Gasteiger partial charge in [0.05, 0.1) is 23.3 Å². The first kappa shape index (κ1) is 22.4. The Morgan fingerprint density at radius 3 is 2.61 bits per heavy atom. The second-order valence-electron chi connectivity index (χ2n) is 9.36. The van der Waals surface area contributed by atoms with Crippen molar-refractivity contribution >= 4 is 5.65 Å². The van der Waals surface area contributed by atoms with Crippen molar-refractivity contribution in [3.05, 3.63) is 84.0 Å². The molecule has 0 bridgehead atoms. The first-order valence-electron chi connectivity index (χ1n) is 12.0. The summed E-state index contributed by atoms with van der Waals surface area (Å²) in [6.45, 7) is 7.54. The van der Waals surface area contributed by atoms with Crippen molar-refractivity contribution in [2.75, 3.05) is 13.1 Å². The topological polar surface area (TPSA) is 84.4 Å². The summed E-state index contributed by atoms with van der Waals surface area (Å²) in [5.41, 5.74) is 5.73. The van der Waals surface area contributed by atoms with Gasteiger partial charge in [0.2, 0.25) is 0 Å². The summed E-state index contributed by atoms with van der Waals surface area (Å²) in [7, 11) is 0. The average molecular weight is 484 g/mol. The highest BCUT2D eigenvalue weighted by molar-refractivity contribution is 5.74. The zero-order valence-electron chi connectivity index (χ0n) is 20.1. The monoisotopic (exact) mass is 483 g/mol. The maximum absolute atomic E-state index is 14.5. The number of likely N-dealkylation sites (tertiary alicyclic amines) is 1. The molecule has 0 amide bonds. The minimum absolute atomic E-state index is 0.0688. The maximum Gasteiger partial charge on any atom is 0.173 e. The number of pyridine rings is 1. The maximum atomic E-state index is 14.5. The molecule has 0 aliphatic carbocycles. The van der Waals surface area contributed by atoms with E-state index in [4.69, 9.17) is 0 Å². The van der Waals surface area contributed by atoms with Gasteiger partial charge >= 0.3 is 0 Å². The van der Waals surface area contributed by atoms with E-state index in [1.807, 2.05) is 36.0 Å². The summed E-state index contributed by atoms with van der Waals surface area (Å²) in [6, 6.07) is 10.6. The van der Waals surface area contributed by atoms with Crippen LogP contribution in [0.1, 0.15) is 29.8 Å². The number of nitrogens with zero attached hydrogens (tertiary/aromatic N) is 7. The molecule has 1 N–H and O–H groups in total. The van der Waals surface area contributed by atoms with Gasteiger partial charge in [-0.2, -0.15) is 15.3 Å². The number of halogens is 1. The molecule has 5 heterocycles. The van der Waals surface area contributed by atoms with Gasteiger partial charge in [-0.05, 0) is 49.7 Å². The van der Waals surface area contributed by atoms with Crippen LogP contribution in [0.15, 0.2) is 61.2 Å². The zero-order valence-corrected chi connectivity index (χ0v) is 20.1. The van der Waals surface area contributed by atoms with Crippen LogP contribution in [0.4, 0.5) is 4.39 Å². The van der Waals surface area contributed by atoms with Gasteiger partial charge in [0, 0.05) is 67.4 Å². The van der Waals surface area contributed by atoms with Gasteiger partial charge in [-0.25, -0.2) is 9.37 Å². The Labute approximate surface area is 207 Å². The Hall–Kier alpha value is -4.11. The van der Waals surface area contributed by atoms with Crippen molar-refractivity contribution in [3.8, 4) is 28.1 Å². The average Bonchev–Trinajstić information content (AvgIpc) is 3.47. The number of benzene rings is 1. The van der Waals surface area contributed by atoms with E-state index in [-0.39, 0.29) is 11.4 Å². The number of rotatable bonds is 6. The molecule has 1 saturated heterocycles. The Kier molecular flexibility index (Phi) is 5.49. The molecule has 182 valence electrons. The van der Waals surface area contributed by atoms with Gasteiger partial charge in [-0.15, -0.1) is 0 Å². The fourth-order valence-electron chi connectivity index (χ4n) is 4.77. The van der Waals surface area contributed by atoms with Crippen LogP contribution < -0.4 is 0 Å². The van der Waals surface area contributed by atoms with Gasteiger partial charge < -0.3 is 9.51 Å². The highest BCUT2D eigenvalue weighted by atomic mass is 19.1. The predicted molar refractivity (Wildman–Crippen MR) is 134 cm³/mol. The number of aryl methyl sites for hydroxylation is 2. The van der Waals surface area contributed by atoms with Crippen LogP contribution in [-0.4, -0.2) is 52.5 Å². The second-order valence-corrected chi connectivity index (χ2v) is 9.36. The van der Waals surface area contributed by atoms with Crippen LogP contribution in [-0.2, 0) is 13.1 Å². The van der Waals surface area contributed by atoms with Crippen LogP contribution >= 0.6 is 0 Å². The van der Waals surface area contributed by atoms with Gasteiger partial charge in [-0.3, -0.25) is 9.58 Å². The molecule has 6 rings (SSSR count). The molecule has 1 fully saturated rings. The lowest BCUT2D eigenvalue weighted by molar-refractivity contribution is 0.136. The van der Waals surface area contributed by atoms with Crippen LogP contribution in [0, 0.1) is 12.7 Å². The molecule has 1 aliphatic heterocycles. The van der Waals surface area contributed by atoms with Gasteiger partial charge in [0.15, 0.2) is 11.5 Å². The van der Waals surface area contributed by atoms with Gasteiger partial charge in [0.25, 0.3) is 0 Å². The fraction of sp³-hybridized carbons (Fsp3) is 0.259. The van der Waals surface area contributed by atoms with Crippen molar-refractivity contribution in [2.45, 2.75) is 32.9 Å². The molecule has 0 saturated carbocycles. The Morgan fingerprint density at radius 2 is 1.89 bits per heavy atom. The number of hydrogen-bond donors (Lipinski definition) is 1. The molecule has 0 atom stereocenters. The van der Waals surface area contributed by atoms with Crippen molar-refractivity contribution in [1.29, 1.82) is 0 Å². The van der Waals surface area contributed by atoms with Crippen LogP contribution in [0.3, 0.4) is 0 Å². The molecule has 0 unspecified atom stereocenters. The quantitative estimate of drug-likeness (QED) is 0.385. The first-order chi connectivity index (χ1) is 17.5. The SMILES string of the molecule is CCn1cc(CN2CC(c3ccc(-c4ccc(-c5cc(F)c6nc(C)cn6c5)cc4O)nn3)C2)cn1. The summed E-state index contributed by atoms with van der Waals surface area (Å²) in [5.74, 6) is 0.0101. The third-order valence-corrected chi connectivity index (χ3v) is 6.71. The normalized spacial score (nSPS) is 14.4. The lowest BCUT2D eigenvalue weighted by Crippen LogP contribution is -2.44. The van der Waals surface area contributed by atoms with Crippen molar-refractivity contribution < 1.29 is 9.50 Å². The van der Waals surface area contributed by atoms with E-state index in [1.54, 1.807) is 28.9 Å². The minimum atomic E-state index is -0.406. The number of fused-ring (bicyclic) bond motifs is 1. The molecule has 0 spiro atoms. The van der Waals surface area contributed by atoms with Crippen molar-refractivity contribution in [2.24, 2.45) is 0 Å². The van der Waals surface area contributed by atoms with E-state index in [2.05, 4.69) is 38.3 Å². The van der Waals surface area contributed by atoms with E-state index in [0.717, 1.165) is 37.6 Å². The van der Waals surface area contributed by atoms with Crippen LogP contribution in [0.25, 0.3) is 28.0 Å². The number of phenols is 1. The Morgan fingerprint density at radius 1 is 1.03 bits per heavy atom. The number of aromatic nitrogens is 6. The molecular weight excluding hydrogens is 457 g/mol. The van der Waals surface area contributed by atoms with E-state index in [0.29, 0.717) is 28.3 Å². The molecule has 0 radical (unpaired) electrons. The molecule has 8 nitrogen and oxygen atoms in total. The van der Waals surface area contributed by atoms with Crippen LogP contribution in [0.5, 0.6) is 5.75 Å². The summed E-state index contributed by atoms with van der Waals surface area (Å²) in [6.07, 6.45) is 7.59. The molecule has 4 aromatic heterocycles. The lowest BCUT2D eigenvalue weighted by atomic mass is 9.95. The van der Waals surface area contributed by atoms with E-state index in [1.165, 1.54) is 11.6 Å². The van der Waals surface area contributed by atoms with Crippen LogP contribution in [0.2, 0.25) is 0 Å². The number of imidazole rings is 1. The number of aromatic hydroxyl groups is 1. The van der Waals surface area contributed by atoms with E-state index >= 15 is 0 Å². The molecule has 5 aromatic rings. The third kappa shape index (κ3) is 4.11. The minimum Gasteiger partial charge on any atom is -0.507 e. The van der Waals surface area contributed by atoms with Crippen molar-refractivity contribution in [3.63, 3.8) is 0 Å². The highest BCUT2D eigenvalue weighted by Gasteiger charge is 2.29. The Balaban J connectivity index is 1.15. The largest absolute Gasteiger partial charge is 0.507 e. The Bertz CT molecular complexity index is 1550. The third-order valence-electron chi connectivity index (χ3n) is 6.71.